The van der Waals surface area contributed by atoms with Crippen molar-refractivity contribution in [2.24, 2.45) is 0 Å². The predicted molar refractivity (Wildman–Crippen MR) is 58.8 cm³/mol. The number of para-hydroxylation sites is 1. The zero-order valence-electron chi connectivity index (χ0n) is 8.38. The fraction of sp³-hybridized carbons (Fsp3) is 0.0833. The lowest BCUT2D eigenvalue weighted by atomic mass is 10.2. The third-order valence-electron chi connectivity index (χ3n) is 1.76. The molecule has 1 aromatic rings. The van der Waals surface area contributed by atoms with E-state index in [0.29, 0.717) is 0 Å². The quantitative estimate of drug-likeness (QED) is 0.605. The Kier molecular flexibility index (Phi) is 4.16. The summed E-state index contributed by atoms with van der Waals surface area (Å²) in [4.78, 5) is 10.2. The summed E-state index contributed by atoms with van der Waals surface area (Å²) >= 11 is 0. The number of carboxylic acid groups (broad SMARTS) is 1. The van der Waals surface area contributed by atoms with Gasteiger partial charge in [0.05, 0.1) is 7.11 Å². The van der Waals surface area contributed by atoms with E-state index < -0.39 is 5.97 Å². The third kappa shape index (κ3) is 3.68. The molecule has 1 rings (SSSR count). The van der Waals surface area contributed by atoms with Crippen LogP contribution in [0.5, 0.6) is 5.75 Å². The Bertz CT molecular complexity index is 392. The van der Waals surface area contributed by atoms with Crippen LogP contribution in [0.25, 0.3) is 6.08 Å². The molecule has 0 radical (unpaired) electrons. The minimum absolute atomic E-state index is 0.762. The van der Waals surface area contributed by atoms with E-state index in [1.54, 1.807) is 19.3 Å². The summed E-state index contributed by atoms with van der Waals surface area (Å²) < 4.78 is 5.13. The van der Waals surface area contributed by atoms with E-state index in [2.05, 4.69) is 0 Å². The molecular formula is C12H12O3. The normalized spacial score (nSPS) is 11.0. The molecule has 0 bridgehead atoms. The van der Waals surface area contributed by atoms with Crippen LogP contribution < -0.4 is 4.74 Å². The Balaban J connectivity index is 2.75. The molecule has 0 heterocycles. The molecule has 0 aliphatic rings. The van der Waals surface area contributed by atoms with Crippen LogP contribution in [-0.2, 0) is 4.79 Å². The molecule has 1 aromatic carbocycles. The number of carbonyl (C=O) groups is 1. The predicted octanol–water partition coefficient (Wildman–Crippen LogP) is 2.35. The van der Waals surface area contributed by atoms with Crippen LogP contribution in [-0.4, -0.2) is 18.2 Å². The van der Waals surface area contributed by atoms with Crippen molar-refractivity contribution in [3.8, 4) is 5.75 Å². The summed E-state index contributed by atoms with van der Waals surface area (Å²) in [5.41, 5.74) is 0.912. The lowest BCUT2D eigenvalue weighted by Crippen LogP contribution is -1.85. The first kappa shape index (κ1) is 11.0. The smallest absolute Gasteiger partial charge is 0.328 e. The second-order valence-electron chi connectivity index (χ2n) is 2.80. The van der Waals surface area contributed by atoms with Crippen molar-refractivity contribution in [3.05, 3.63) is 48.1 Å². The van der Waals surface area contributed by atoms with Crippen molar-refractivity contribution in [3.63, 3.8) is 0 Å². The number of aliphatic carboxylic acids is 1. The Morgan fingerprint density at radius 3 is 2.73 bits per heavy atom. The van der Waals surface area contributed by atoms with Crippen molar-refractivity contribution in [2.45, 2.75) is 0 Å². The van der Waals surface area contributed by atoms with E-state index in [9.17, 15) is 4.79 Å². The van der Waals surface area contributed by atoms with Gasteiger partial charge in [0.15, 0.2) is 0 Å². The monoisotopic (exact) mass is 204 g/mol. The van der Waals surface area contributed by atoms with E-state index in [4.69, 9.17) is 9.84 Å². The molecule has 15 heavy (non-hydrogen) atoms. The summed E-state index contributed by atoms with van der Waals surface area (Å²) in [6.07, 6.45) is 5.99. The molecule has 3 heteroatoms. The maximum Gasteiger partial charge on any atom is 0.328 e. The van der Waals surface area contributed by atoms with Gasteiger partial charge in [-0.05, 0) is 6.07 Å². The van der Waals surface area contributed by atoms with Crippen LogP contribution in [0.4, 0.5) is 0 Å². The average Bonchev–Trinajstić information content (AvgIpc) is 2.24. The number of ether oxygens (including phenoxy) is 1. The second-order valence-corrected chi connectivity index (χ2v) is 2.80. The fourth-order valence-electron chi connectivity index (χ4n) is 1.10. The summed E-state index contributed by atoms with van der Waals surface area (Å²) in [6, 6.07) is 7.51. The number of carboxylic acids is 1. The molecule has 0 spiro atoms. The number of rotatable bonds is 4. The van der Waals surface area contributed by atoms with Crippen LogP contribution >= 0.6 is 0 Å². The highest BCUT2D eigenvalue weighted by Crippen LogP contribution is 2.18. The van der Waals surface area contributed by atoms with Gasteiger partial charge >= 0.3 is 5.97 Å². The lowest BCUT2D eigenvalue weighted by molar-refractivity contribution is -0.131. The van der Waals surface area contributed by atoms with Gasteiger partial charge in [-0.2, -0.15) is 0 Å². The Labute approximate surface area is 88.3 Å². The summed E-state index contributed by atoms with van der Waals surface area (Å²) in [5.74, 6) is -0.197. The van der Waals surface area contributed by atoms with Crippen molar-refractivity contribution >= 4 is 12.0 Å². The minimum atomic E-state index is -0.959. The molecule has 0 fully saturated rings. The topological polar surface area (TPSA) is 46.5 Å². The highest BCUT2D eigenvalue weighted by Gasteiger charge is 1.94. The van der Waals surface area contributed by atoms with E-state index >= 15 is 0 Å². The van der Waals surface area contributed by atoms with E-state index in [1.807, 2.05) is 24.3 Å². The third-order valence-corrected chi connectivity index (χ3v) is 1.76. The number of hydrogen-bond acceptors (Lipinski definition) is 2. The van der Waals surface area contributed by atoms with Gasteiger partial charge in [0.25, 0.3) is 0 Å². The molecule has 78 valence electrons. The largest absolute Gasteiger partial charge is 0.496 e. The van der Waals surface area contributed by atoms with Crippen molar-refractivity contribution in [1.29, 1.82) is 0 Å². The van der Waals surface area contributed by atoms with Gasteiger partial charge in [0.2, 0.25) is 0 Å². The molecule has 0 saturated heterocycles. The molecule has 0 unspecified atom stereocenters. The number of benzene rings is 1. The maximum absolute atomic E-state index is 10.2. The number of hydrogen-bond donors (Lipinski definition) is 1. The number of methoxy groups -OCH3 is 1. The molecular weight excluding hydrogens is 192 g/mol. The minimum Gasteiger partial charge on any atom is -0.496 e. The first-order valence-electron chi connectivity index (χ1n) is 4.44. The van der Waals surface area contributed by atoms with E-state index in [-0.39, 0.29) is 0 Å². The zero-order valence-corrected chi connectivity index (χ0v) is 8.38. The molecule has 0 aliphatic carbocycles. The Morgan fingerprint density at radius 2 is 2.07 bits per heavy atom. The van der Waals surface area contributed by atoms with Crippen molar-refractivity contribution in [2.75, 3.05) is 7.11 Å². The molecule has 0 aliphatic heterocycles. The number of allylic oxidation sites excluding steroid dienone is 2. The van der Waals surface area contributed by atoms with Crippen molar-refractivity contribution < 1.29 is 14.6 Å². The van der Waals surface area contributed by atoms with E-state index in [1.165, 1.54) is 6.08 Å². The first-order valence-corrected chi connectivity index (χ1v) is 4.44. The van der Waals surface area contributed by atoms with Gasteiger partial charge in [0.1, 0.15) is 5.75 Å². The standard InChI is InChI=1S/C12H12O3/c1-15-11-8-4-2-6-10(11)7-3-5-9-12(13)14/h2-9H,1H3,(H,13,14)/b7-3+,9-5+. The van der Waals surface area contributed by atoms with Gasteiger partial charge < -0.3 is 9.84 Å². The molecule has 0 saturated carbocycles. The van der Waals surface area contributed by atoms with Gasteiger partial charge in [-0.15, -0.1) is 0 Å². The van der Waals surface area contributed by atoms with Gasteiger partial charge in [-0.3, -0.25) is 0 Å². The zero-order chi connectivity index (χ0) is 11.1. The lowest BCUT2D eigenvalue weighted by Gasteiger charge is -2.02. The average molecular weight is 204 g/mol. The Hall–Kier alpha value is -2.03. The highest BCUT2D eigenvalue weighted by atomic mass is 16.5. The molecule has 0 amide bonds. The SMILES string of the molecule is COc1ccccc1/C=C/C=C/C(=O)O. The fourth-order valence-corrected chi connectivity index (χ4v) is 1.10. The van der Waals surface area contributed by atoms with Crippen molar-refractivity contribution in [1.82, 2.24) is 0 Å². The van der Waals surface area contributed by atoms with Crippen LogP contribution in [0.1, 0.15) is 5.56 Å². The van der Waals surface area contributed by atoms with Crippen LogP contribution in [0.2, 0.25) is 0 Å². The Morgan fingerprint density at radius 1 is 1.33 bits per heavy atom. The van der Waals surface area contributed by atoms with Gasteiger partial charge in [-0.1, -0.05) is 36.4 Å². The van der Waals surface area contributed by atoms with Crippen LogP contribution in [0.15, 0.2) is 42.5 Å². The van der Waals surface area contributed by atoms with Crippen LogP contribution in [0.3, 0.4) is 0 Å². The molecule has 0 atom stereocenters. The summed E-state index contributed by atoms with van der Waals surface area (Å²) in [5, 5.41) is 8.37. The molecule has 0 aromatic heterocycles. The second kappa shape index (κ2) is 5.65. The summed E-state index contributed by atoms with van der Waals surface area (Å²) in [6.45, 7) is 0. The summed E-state index contributed by atoms with van der Waals surface area (Å²) in [7, 11) is 1.60. The molecule has 3 nitrogen and oxygen atoms in total. The molecule has 1 N–H and O–H groups in total. The van der Waals surface area contributed by atoms with Gasteiger partial charge in [-0.25, -0.2) is 4.79 Å². The van der Waals surface area contributed by atoms with E-state index in [0.717, 1.165) is 17.4 Å². The first-order chi connectivity index (χ1) is 7.24. The highest BCUT2D eigenvalue weighted by molar-refractivity contribution is 5.80. The van der Waals surface area contributed by atoms with Gasteiger partial charge in [0, 0.05) is 11.6 Å². The van der Waals surface area contributed by atoms with Crippen LogP contribution in [0, 0.1) is 0 Å². The maximum atomic E-state index is 10.2.